The number of halogens is 1. The Morgan fingerprint density at radius 2 is 2.11 bits per heavy atom. The Kier molecular flexibility index (Phi) is 9.24. The summed E-state index contributed by atoms with van der Waals surface area (Å²) in [5.74, 6) is 1.85. The Morgan fingerprint density at radius 3 is 2.82 bits per heavy atom. The molecule has 0 bridgehead atoms. The van der Waals surface area contributed by atoms with Crippen molar-refractivity contribution in [3.63, 3.8) is 0 Å². The lowest BCUT2D eigenvalue weighted by molar-refractivity contribution is 0.156. The van der Waals surface area contributed by atoms with E-state index in [-0.39, 0.29) is 24.0 Å². The molecule has 1 aliphatic rings. The summed E-state index contributed by atoms with van der Waals surface area (Å²) in [6.45, 7) is 6.22. The molecule has 1 saturated heterocycles. The summed E-state index contributed by atoms with van der Waals surface area (Å²) in [6.07, 6.45) is 5.81. The molecule has 2 aromatic rings. The van der Waals surface area contributed by atoms with Crippen LogP contribution in [0.15, 0.2) is 41.5 Å². The lowest BCUT2D eigenvalue weighted by Crippen LogP contribution is -2.49. The maximum absolute atomic E-state index is 4.54. The van der Waals surface area contributed by atoms with E-state index >= 15 is 0 Å². The maximum Gasteiger partial charge on any atom is 0.193 e. The number of likely N-dealkylation sites (tertiary alicyclic amines) is 1. The number of nitrogens with one attached hydrogen (secondary N) is 2. The van der Waals surface area contributed by atoms with E-state index in [2.05, 4.69) is 56.2 Å². The number of hydrogen-bond acceptors (Lipinski definition) is 3. The molecule has 0 saturated carbocycles. The molecule has 6 nitrogen and oxygen atoms in total. The SMILES string of the molecule is CCN1CCCCC1CNC(=NC)N(C)Cc1ncc(-c2ccccc2)[nH]1.I. The molecule has 0 aliphatic carbocycles. The van der Waals surface area contributed by atoms with Crippen molar-refractivity contribution >= 4 is 29.9 Å². The lowest BCUT2D eigenvalue weighted by atomic mass is 10.0. The molecule has 2 heterocycles. The molecule has 154 valence electrons. The molecule has 0 spiro atoms. The minimum Gasteiger partial charge on any atom is -0.355 e. The van der Waals surface area contributed by atoms with Crippen molar-refractivity contribution in [2.75, 3.05) is 33.7 Å². The number of likely N-dealkylation sites (N-methyl/N-ethyl adjacent to an activating group) is 1. The smallest absolute Gasteiger partial charge is 0.193 e. The van der Waals surface area contributed by atoms with Crippen molar-refractivity contribution in [1.29, 1.82) is 0 Å². The van der Waals surface area contributed by atoms with E-state index in [1.54, 1.807) is 0 Å². The standard InChI is InChI=1S/C21H32N6.HI/c1-4-27-13-9-8-12-18(27)14-24-21(22-2)26(3)16-20-23-15-19(25-20)17-10-6-5-7-11-17;/h5-7,10-11,15,18H,4,8-9,12-14,16H2,1-3H3,(H,22,24)(H,23,25);1H. The fourth-order valence-electron chi connectivity index (χ4n) is 3.81. The minimum absolute atomic E-state index is 0. The lowest BCUT2D eigenvalue weighted by Gasteiger charge is -2.35. The van der Waals surface area contributed by atoms with Gasteiger partial charge in [0.15, 0.2) is 5.96 Å². The van der Waals surface area contributed by atoms with Crippen molar-refractivity contribution < 1.29 is 0 Å². The minimum atomic E-state index is 0. The third-order valence-corrected chi connectivity index (χ3v) is 5.32. The first-order chi connectivity index (χ1) is 13.2. The molecule has 1 aromatic heterocycles. The van der Waals surface area contributed by atoms with Gasteiger partial charge in [0.1, 0.15) is 5.82 Å². The van der Waals surface area contributed by atoms with Crippen LogP contribution in [-0.4, -0.2) is 65.5 Å². The Balaban J connectivity index is 0.00000280. The molecule has 2 N–H and O–H groups in total. The van der Waals surface area contributed by atoms with Crippen LogP contribution in [0.25, 0.3) is 11.3 Å². The van der Waals surface area contributed by atoms with Crippen LogP contribution in [0.3, 0.4) is 0 Å². The third-order valence-electron chi connectivity index (χ3n) is 5.32. The number of aromatic nitrogens is 2. The molecule has 1 aliphatic heterocycles. The molecule has 1 atom stereocenters. The molecule has 1 fully saturated rings. The summed E-state index contributed by atoms with van der Waals surface area (Å²) >= 11 is 0. The molecular formula is C21H33IN6. The second-order valence-electron chi connectivity index (χ2n) is 7.17. The topological polar surface area (TPSA) is 59.5 Å². The van der Waals surface area contributed by atoms with Gasteiger partial charge in [0.05, 0.1) is 18.4 Å². The molecule has 1 aromatic carbocycles. The van der Waals surface area contributed by atoms with Gasteiger partial charge in [-0.2, -0.15) is 0 Å². The van der Waals surface area contributed by atoms with Crippen LogP contribution in [0.5, 0.6) is 0 Å². The molecular weight excluding hydrogens is 463 g/mol. The first kappa shape index (κ1) is 22.7. The number of guanidine groups is 1. The summed E-state index contributed by atoms with van der Waals surface area (Å²) in [4.78, 5) is 17.1. The quantitative estimate of drug-likeness (QED) is 0.365. The van der Waals surface area contributed by atoms with Crippen LogP contribution in [0.1, 0.15) is 32.0 Å². The average molecular weight is 496 g/mol. The number of rotatable bonds is 6. The van der Waals surface area contributed by atoms with E-state index in [1.165, 1.54) is 25.8 Å². The Morgan fingerprint density at radius 1 is 1.32 bits per heavy atom. The third kappa shape index (κ3) is 5.94. The number of piperidine rings is 1. The predicted molar refractivity (Wildman–Crippen MR) is 127 cm³/mol. The second kappa shape index (κ2) is 11.4. The fraction of sp³-hybridized carbons (Fsp3) is 0.524. The summed E-state index contributed by atoms with van der Waals surface area (Å²) < 4.78 is 0. The number of hydrogen-bond donors (Lipinski definition) is 2. The van der Waals surface area contributed by atoms with Gasteiger partial charge in [-0.25, -0.2) is 4.98 Å². The highest BCUT2D eigenvalue weighted by Gasteiger charge is 2.21. The Labute approximate surface area is 185 Å². The molecule has 3 rings (SSSR count). The van der Waals surface area contributed by atoms with Gasteiger partial charge in [0, 0.05) is 26.7 Å². The van der Waals surface area contributed by atoms with E-state index < -0.39 is 0 Å². The van der Waals surface area contributed by atoms with Crippen molar-refractivity contribution in [3.8, 4) is 11.3 Å². The number of aromatic amines is 1. The monoisotopic (exact) mass is 496 g/mol. The number of benzene rings is 1. The first-order valence-corrected chi connectivity index (χ1v) is 9.96. The molecule has 0 amide bonds. The van der Waals surface area contributed by atoms with E-state index in [0.717, 1.165) is 36.1 Å². The molecule has 28 heavy (non-hydrogen) atoms. The largest absolute Gasteiger partial charge is 0.355 e. The fourth-order valence-corrected chi connectivity index (χ4v) is 3.81. The van der Waals surface area contributed by atoms with Crippen LogP contribution in [-0.2, 0) is 6.54 Å². The summed E-state index contributed by atoms with van der Waals surface area (Å²) in [6, 6.07) is 10.9. The van der Waals surface area contributed by atoms with Gasteiger partial charge < -0.3 is 15.2 Å². The van der Waals surface area contributed by atoms with Crippen LogP contribution in [0, 0.1) is 0 Å². The van der Waals surface area contributed by atoms with E-state index in [0.29, 0.717) is 12.6 Å². The normalized spacial score (nSPS) is 17.8. The highest BCUT2D eigenvalue weighted by molar-refractivity contribution is 14.0. The zero-order chi connectivity index (χ0) is 19.1. The van der Waals surface area contributed by atoms with Crippen molar-refractivity contribution in [1.82, 2.24) is 25.1 Å². The van der Waals surface area contributed by atoms with E-state index in [4.69, 9.17) is 0 Å². The van der Waals surface area contributed by atoms with Crippen LogP contribution >= 0.6 is 24.0 Å². The zero-order valence-corrected chi connectivity index (χ0v) is 19.5. The van der Waals surface area contributed by atoms with Crippen LogP contribution < -0.4 is 5.32 Å². The van der Waals surface area contributed by atoms with Crippen molar-refractivity contribution in [2.45, 2.75) is 38.8 Å². The Hall–Kier alpha value is -1.61. The second-order valence-corrected chi connectivity index (χ2v) is 7.17. The summed E-state index contributed by atoms with van der Waals surface area (Å²) in [7, 11) is 3.90. The maximum atomic E-state index is 4.54. The Bertz CT molecular complexity index is 730. The van der Waals surface area contributed by atoms with Gasteiger partial charge in [0.2, 0.25) is 0 Å². The van der Waals surface area contributed by atoms with Gasteiger partial charge in [-0.3, -0.25) is 9.89 Å². The summed E-state index contributed by atoms with van der Waals surface area (Å²) in [5, 5.41) is 3.55. The van der Waals surface area contributed by atoms with Crippen LogP contribution in [0.4, 0.5) is 0 Å². The first-order valence-electron chi connectivity index (χ1n) is 9.96. The molecule has 7 heteroatoms. The highest BCUT2D eigenvalue weighted by atomic mass is 127. The van der Waals surface area contributed by atoms with Gasteiger partial charge in [-0.15, -0.1) is 24.0 Å². The van der Waals surface area contributed by atoms with E-state index in [1.807, 2.05) is 31.4 Å². The van der Waals surface area contributed by atoms with Crippen molar-refractivity contribution in [3.05, 3.63) is 42.4 Å². The van der Waals surface area contributed by atoms with E-state index in [9.17, 15) is 0 Å². The number of aliphatic imine (C=N–C) groups is 1. The van der Waals surface area contributed by atoms with Crippen LogP contribution in [0.2, 0.25) is 0 Å². The van der Waals surface area contributed by atoms with Gasteiger partial charge in [-0.05, 0) is 31.5 Å². The number of nitrogens with zero attached hydrogens (tertiary/aromatic N) is 4. The number of imidazole rings is 1. The molecule has 1 unspecified atom stereocenters. The average Bonchev–Trinajstić information content (AvgIpc) is 3.18. The van der Waals surface area contributed by atoms with Gasteiger partial charge in [-0.1, -0.05) is 43.7 Å². The van der Waals surface area contributed by atoms with Gasteiger partial charge >= 0.3 is 0 Å². The van der Waals surface area contributed by atoms with Crippen molar-refractivity contribution in [2.24, 2.45) is 4.99 Å². The zero-order valence-electron chi connectivity index (χ0n) is 17.2. The summed E-state index contributed by atoms with van der Waals surface area (Å²) in [5.41, 5.74) is 2.20. The highest BCUT2D eigenvalue weighted by Crippen LogP contribution is 2.17. The molecule has 0 radical (unpaired) electrons. The number of H-pyrrole nitrogens is 1. The predicted octanol–water partition coefficient (Wildman–Crippen LogP) is 3.58. The van der Waals surface area contributed by atoms with Gasteiger partial charge in [0.25, 0.3) is 0 Å².